The number of benzene rings is 1. The Bertz CT molecular complexity index is 1300. The molecule has 12 heteroatoms. The van der Waals surface area contributed by atoms with Crippen molar-refractivity contribution in [2.75, 3.05) is 31.1 Å². The topological polar surface area (TPSA) is 113 Å². The summed E-state index contributed by atoms with van der Waals surface area (Å²) in [5.74, 6) is 0.569. The van der Waals surface area contributed by atoms with Gasteiger partial charge in [-0.2, -0.15) is 5.10 Å². The number of aryl methyl sites for hydroxylation is 1. The van der Waals surface area contributed by atoms with Crippen molar-refractivity contribution < 1.29 is 13.2 Å². The fourth-order valence-electron chi connectivity index (χ4n) is 3.83. The number of carbonyl (C=O) groups excluding carboxylic acids is 1. The smallest absolute Gasteiger partial charge is 0.254 e. The predicted molar refractivity (Wildman–Crippen MR) is 119 cm³/mol. The average molecular weight is 476 g/mol. The number of aromatic nitrogens is 4. The third-order valence-electron chi connectivity index (χ3n) is 5.74. The zero-order valence-electron chi connectivity index (χ0n) is 17.4. The first-order chi connectivity index (χ1) is 15.3. The Kier molecular flexibility index (Phi) is 5.26. The van der Waals surface area contributed by atoms with Crippen LogP contribution in [-0.4, -0.2) is 71.2 Å². The van der Waals surface area contributed by atoms with Crippen LogP contribution >= 0.6 is 11.6 Å². The van der Waals surface area contributed by atoms with E-state index in [-0.39, 0.29) is 21.9 Å². The van der Waals surface area contributed by atoms with E-state index in [0.717, 1.165) is 29.7 Å². The second kappa shape index (κ2) is 7.98. The van der Waals surface area contributed by atoms with Crippen LogP contribution in [0.4, 0.5) is 5.82 Å². The van der Waals surface area contributed by atoms with Crippen LogP contribution in [0.1, 0.15) is 23.2 Å². The molecule has 0 spiro atoms. The van der Waals surface area contributed by atoms with Gasteiger partial charge in [0.05, 0.1) is 16.6 Å². The normalized spacial score (nSPS) is 17.2. The number of hydrogen-bond donors (Lipinski definition) is 1. The molecule has 10 nitrogen and oxygen atoms in total. The molecule has 0 unspecified atom stereocenters. The van der Waals surface area contributed by atoms with Crippen LogP contribution in [0.2, 0.25) is 5.02 Å². The summed E-state index contributed by atoms with van der Waals surface area (Å²) < 4.78 is 29.5. The van der Waals surface area contributed by atoms with E-state index in [1.807, 2.05) is 7.05 Å². The Hall–Kier alpha value is -2.76. The van der Waals surface area contributed by atoms with Gasteiger partial charge in [0.25, 0.3) is 5.91 Å². The number of hydrogen-bond acceptors (Lipinski definition) is 7. The number of sulfonamides is 1. The lowest BCUT2D eigenvalue weighted by atomic mass is 10.1. The van der Waals surface area contributed by atoms with Crippen molar-refractivity contribution in [3.8, 4) is 0 Å². The molecule has 1 aliphatic heterocycles. The lowest BCUT2D eigenvalue weighted by Crippen LogP contribution is -2.49. The lowest BCUT2D eigenvalue weighted by molar-refractivity contribution is 0.0746. The molecule has 0 radical (unpaired) electrons. The number of carbonyl (C=O) groups is 1. The molecule has 2 aromatic heterocycles. The second-order valence-electron chi connectivity index (χ2n) is 8.02. The van der Waals surface area contributed by atoms with Gasteiger partial charge in [-0.25, -0.2) is 23.1 Å². The molecule has 0 bridgehead atoms. The standard InChI is InChI=1S/C20H22ClN7O3S/c1-26-18-15(11-24-26)19(23-12-22-18)27-6-8-28(9-7-27)20(29)13-2-5-16(21)17(10-13)32(30,31)25-14-3-4-14/h2,5,10-12,14,25H,3-4,6-9H2,1H3. The van der Waals surface area contributed by atoms with Crippen molar-refractivity contribution in [2.45, 2.75) is 23.8 Å². The van der Waals surface area contributed by atoms with Crippen LogP contribution in [0.15, 0.2) is 35.6 Å². The molecule has 2 fully saturated rings. The summed E-state index contributed by atoms with van der Waals surface area (Å²) in [6.45, 7) is 2.15. The monoisotopic (exact) mass is 475 g/mol. The fraction of sp³-hybridized carbons (Fsp3) is 0.400. The van der Waals surface area contributed by atoms with E-state index >= 15 is 0 Å². The van der Waals surface area contributed by atoms with Gasteiger partial charge in [-0.1, -0.05) is 11.6 Å². The quantitative estimate of drug-likeness (QED) is 0.593. The largest absolute Gasteiger partial charge is 0.352 e. The molecule has 3 aromatic rings. The molecule has 5 rings (SSSR count). The maximum atomic E-state index is 13.1. The van der Waals surface area contributed by atoms with Crippen LogP contribution in [0.3, 0.4) is 0 Å². The molecule has 1 amide bonds. The van der Waals surface area contributed by atoms with Gasteiger partial charge in [0.2, 0.25) is 10.0 Å². The minimum Gasteiger partial charge on any atom is -0.352 e. The SMILES string of the molecule is Cn1ncc2c(N3CCN(C(=O)c4ccc(Cl)c(S(=O)(=O)NC5CC5)c4)CC3)ncnc21. The van der Waals surface area contributed by atoms with E-state index < -0.39 is 10.0 Å². The second-order valence-corrected chi connectivity index (χ2v) is 10.1. The number of amides is 1. The van der Waals surface area contributed by atoms with E-state index in [4.69, 9.17) is 11.6 Å². The molecule has 1 N–H and O–H groups in total. The molecule has 1 saturated heterocycles. The van der Waals surface area contributed by atoms with E-state index in [1.165, 1.54) is 18.5 Å². The number of piperazine rings is 1. The average Bonchev–Trinajstić information content (AvgIpc) is 3.52. The summed E-state index contributed by atoms with van der Waals surface area (Å²) in [4.78, 5) is 25.5. The highest BCUT2D eigenvalue weighted by atomic mass is 35.5. The summed E-state index contributed by atoms with van der Waals surface area (Å²) in [5.41, 5.74) is 1.05. The summed E-state index contributed by atoms with van der Waals surface area (Å²) in [7, 11) is -1.93. The predicted octanol–water partition coefficient (Wildman–Crippen LogP) is 1.42. The highest BCUT2D eigenvalue weighted by Crippen LogP contribution is 2.28. The highest BCUT2D eigenvalue weighted by Gasteiger charge is 2.31. The van der Waals surface area contributed by atoms with Gasteiger partial charge in [0.15, 0.2) is 5.65 Å². The van der Waals surface area contributed by atoms with Crippen molar-refractivity contribution in [1.29, 1.82) is 0 Å². The first-order valence-corrected chi connectivity index (χ1v) is 12.2. The molecule has 0 atom stereocenters. The van der Waals surface area contributed by atoms with Crippen molar-refractivity contribution in [2.24, 2.45) is 7.05 Å². The lowest BCUT2D eigenvalue weighted by Gasteiger charge is -2.35. The molecule has 3 heterocycles. The van der Waals surface area contributed by atoms with Gasteiger partial charge in [-0.05, 0) is 31.0 Å². The maximum Gasteiger partial charge on any atom is 0.254 e. The molecule has 1 aliphatic carbocycles. The number of halogens is 1. The molecule has 1 saturated carbocycles. The minimum absolute atomic E-state index is 0.0448. The maximum absolute atomic E-state index is 13.1. The van der Waals surface area contributed by atoms with Gasteiger partial charge in [-0.15, -0.1) is 0 Å². The zero-order chi connectivity index (χ0) is 22.5. The molecule has 32 heavy (non-hydrogen) atoms. The van der Waals surface area contributed by atoms with Gasteiger partial charge in [0.1, 0.15) is 17.0 Å². The third kappa shape index (κ3) is 3.91. The van der Waals surface area contributed by atoms with Crippen molar-refractivity contribution in [3.63, 3.8) is 0 Å². The van der Waals surface area contributed by atoms with Gasteiger partial charge in [-0.3, -0.25) is 9.48 Å². The first kappa shape index (κ1) is 21.1. The Balaban J connectivity index is 1.32. The molecule has 2 aliphatic rings. The zero-order valence-corrected chi connectivity index (χ0v) is 19.0. The number of nitrogens with one attached hydrogen (secondary N) is 1. The highest BCUT2D eigenvalue weighted by molar-refractivity contribution is 7.89. The van der Waals surface area contributed by atoms with Gasteiger partial charge < -0.3 is 9.80 Å². The van der Waals surface area contributed by atoms with Crippen molar-refractivity contribution in [3.05, 3.63) is 41.3 Å². The molecular weight excluding hydrogens is 454 g/mol. The Morgan fingerprint density at radius 3 is 2.62 bits per heavy atom. The Labute approximate surface area is 190 Å². The summed E-state index contributed by atoms with van der Waals surface area (Å²) in [6.07, 6.45) is 4.89. The van der Waals surface area contributed by atoms with Gasteiger partial charge >= 0.3 is 0 Å². The molecule has 1 aromatic carbocycles. The number of anilines is 1. The Morgan fingerprint density at radius 2 is 1.91 bits per heavy atom. The third-order valence-corrected chi connectivity index (χ3v) is 7.74. The first-order valence-electron chi connectivity index (χ1n) is 10.3. The fourth-order valence-corrected chi connectivity index (χ4v) is 5.66. The van der Waals surface area contributed by atoms with Crippen LogP contribution in [0, 0.1) is 0 Å². The number of fused-ring (bicyclic) bond motifs is 1. The summed E-state index contributed by atoms with van der Waals surface area (Å²) in [5, 5.41) is 5.22. The van der Waals surface area contributed by atoms with E-state index in [2.05, 4.69) is 24.7 Å². The molecular formula is C20H22ClN7O3S. The van der Waals surface area contributed by atoms with E-state index in [9.17, 15) is 13.2 Å². The number of nitrogens with zero attached hydrogens (tertiary/aromatic N) is 6. The Morgan fingerprint density at radius 1 is 1.16 bits per heavy atom. The van der Waals surface area contributed by atoms with Crippen LogP contribution in [-0.2, 0) is 17.1 Å². The minimum atomic E-state index is -3.76. The number of rotatable bonds is 5. The van der Waals surface area contributed by atoms with Crippen LogP contribution in [0.25, 0.3) is 11.0 Å². The van der Waals surface area contributed by atoms with E-state index in [0.29, 0.717) is 31.7 Å². The van der Waals surface area contributed by atoms with Crippen molar-refractivity contribution >= 4 is 44.4 Å². The van der Waals surface area contributed by atoms with Crippen LogP contribution in [0.5, 0.6) is 0 Å². The van der Waals surface area contributed by atoms with Gasteiger partial charge in [0, 0.05) is 44.8 Å². The molecule has 168 valence electrons. The van der Waals surface area contributed by atoms with Crippen LogP contribution < -0.4 is 9.62 Å². The summed E-state index contributed by atoms with van der Waals surface area (Å²) >= 11 is 6.14. The van der Waals surface area contributed by atoms with E-state index in [1.54, 1.807) is 21.8 Å². The summed E-state index contributed by atoms with van der Waals surface area (Å²) in [6, 6.07) is 4.35. The van der Waals surface area contributed by atoms with Crippen molar-refractivity contribution in [1.82, 2.24) is 29.4 Å².